The predicted molar refractivity (Wildman–Crippen MR) is 96.3 cm³/mol. The summed E-state index contributed by atoms with van der Waals surface area (Å²) in [6.45, 7) is -1.90. The van der Waals surface area contributed by atoms with E-state index in [9.17, 15) is 18.4 Å². The van der Waals surface area contributed by atoms with Gasteiger partial charge in [-0.2, -0.15) is 8.78 Å². The summed E-state index contributed by atoms with van der Waals surface area (Å²) in [7, 11) is 2.90. The van der Waals surface area contributed by atoms with Gasteiger partial charge in [0.15, 0.2) is 6.61 Å². The third-order valence-electron chi connectivity index (χ3n) is 3.70. The molecular formula is C19H19F2NO6. The Hall–Kier alpha value is -3.36. The van der Waals surface area contributed by atoms with Crippen LogP contribution in [-0.4, -0.2) is 39.3 Å². The Morgan fingerprint density at radius 2 is 1.64 bits per heavy atom. The monoisotopic (exact) mass is 395 g/mol. The van der Waals surface area contributed by atoms with Crippen LogP contribution in [0.4, 0.5) is 14.5 Å². The minimum Gasteiger partial charge on any atom is -0.496 e. The second kappa shape index (κ2) is 9.54. The second-order valence-corrected chi connectivity index (χ2v) is 5.50. The van der Waals surface area contributed by atoms with Crippen LogP contribution in [-0.2, 0) is 9.53 Å². The van der Waals surface area contributed by atoms with Gasteiger partial charge in [0.2, 0.25) is 0 Å². The molecule has 0 aromatic heterocycles. The van der Waals surface area contributed by atoms with Crippen LogP contribution >= 0.6 is 0 Å². The highest BCUT2D eigenvalue weighted by Crippen LogP contribution is 2.30. The molecule has 0 saturated heterocycles. The zero-order valence-electron chi connectivity index (χ0n) is 15.5. The first kappa shape index (κ1) is 20.9. The summed E-state index contributed by atoms with van der Waals surface area (Å²) in [5.74, 6) is -0.846. The first-order chi connectivity index (χ1) is 13.3. The van der Waals surface area contributed by atoms with E-state index >= 15 is 0 Å². The molecule has 150 valence electrons. The summed E-state index contributed by atoms with van der Waals surface area (Å²) in [5, 5.41) is 2.35. The topological polar surface area (TPSA) is 83.1 Å². The van der Waals surface area contributed by atoms with Crippen molar-refractivity contribution in [3.8, 4) is 17.2 Å². The van der Waals surface area contributed by atoms with Crippen LogP contribution in [0.3, 0.4) is 0 Å². The first-order valence-corrected chi connectivity index (χ1v) is 8.09. The van der Waals surface area contributed by atoms with E-state index in [1.807, 2.05) is 0 Å². The lowest BCUT2D eigenvalue weighted by Gasteiger charge is -2.13. The number of halogens is 2. The van der Waals surface area contributed by atoms with E-state index in [4.69, 9.17) is 14.2 Å². The fraction of sp³-hybridized carbons (Fsp3) is 0.263. The summed E-state index contributed by atoms with van der Waals surface area (Å²) in [4.78, 5) is 24.2. The number of hydrogen-bond acceptors (Lipinski definition) is 6. The summed E-state index contributed by atoms with van der Waals surface area (Å²) in [6.07, 6.45) is 0. The Kier molecular flexibility index (Phi) is 7.14. The van der Waals surface area contributed by atoms with Crippen molar-refractivity contribution < 1.29 is 37.3 Å². The van der Waals surface area contributed by atoms with E-state index in [2.05, 4.69) is 10.1 Å². The molecule has 7 nitrogen and oxygen atoms in total. The van der Waals surface area contributed by atoms with Crippen molar-refractivity contribution in [2.75, 3.05) is 26.1 Å². The van der Waals surface area contributed by atoms with Gasteiger partial charge in [0.1, 0.15) is 17.2 Å². The summed E-state index contributed by atoms with van der Waals surface area (Å²) in [6, 6.07) is 8.59. The molecule has 0 aliphatic rings. The van der Waals surface area contributed by atoms with Crippen molar-refractivity contribution in [2.24, 2.45) is 0 Å². The highest BCUT2D eigenvalue weighted by Gasteiger charge is 2.17. The Balaban J connectivity index is 2.03. The fourth-order valence-corrected chi connectivity index (χ4v) is 2.37. The van der Waals surface area contributed by atoms with Crippen LogP contribution in [0.25, 0.3) is 0 Å². The number of methoxy groups -OCH3 is 2. The van der Waals surface area contributed by atoms with Crippen LogP contribution in [0.1, 0.15) is 15.9 Å². The molecule has 9 heteroatoms. The molecule has 1 amide bonds. The zero-order chi connectivity index (χ0) is 20.7. The quantitative estimate of drug-likeness (QED) is 0.690. The lowest BCUT2D eigenvalue weighted by atomic mass is 10.1. The maximum atomic E-state index is 12.4. The Morgan fingerprint density at radius 3 is 2.21 bits per heavy atom. The molecule has 0 aliphatic carbocycles. The molecule has 0 atom stereocenters. The largest absolute Gasteiger partial charge is 0.496 e. The number of para-hydroxylation sites is 2. The molecule has 0 bridgehead atoms. The third-order valence-corrected chi connectivity index (χ3v) is 3.70. The Labute approximate surface area is 160 Å². The molecule has 2 aromatic rings. The summed E-state index contributed by atoms with van der Waals surface area (Å²) >= 11 is 0. The van der Waals surface area contributed by atoms with Crippen molar-refractivity contribution in [3.63, 3.8) is 0 Å². The van der Waals surface area contributed by atoms with Crippen LogP contribution in [0.15, 0.2) is 36.4 Å². The standard InChI is InChI=1S/C19H19F2NO6/c1-11-15(25-2)8-12(9-16(11)26-3)18(24)27-10-17(23)22-13-6-4-5-7-14(13)28-19(20)21/h4-9,19H,10H2,1-3H3,(H,22,23). The van der Waals surface area contributed by atoms with E-state index < -0.39 is 25.1 Å². The van der Waals surface area contributed by atoms with Gasteiger partial charge in [0.05, 0.1) is 25.5 Å². The number of rotatable bonds is 8. The molecule has 1 N–H and O–H groups in total. The van der Waals surface area contributed by atoms with Crippen molar-refractivity contribution in [2.45, 2.75) is 13.5 Å². The highest BCUT2D eigenvalue weighted by molar-refractivity contribution is 5.96. The second-order valence-electron chi connectivity index (χ2n) is 5.50. The Bertz CT molecular complexity index is 831. The SMILES string of the molecule is COc1cc(C(=O)OCC(=O)Nc2ccccc2OC(F)F)cc(OC)c1C. The predicted octanol–water partition coefficient (Wildman–Crippen LogP) is 3.41. The normalized spacial score (nSPS) is 10.4. The lowest BCUT2D eigenvalue weighted by Crippen LogP contribution is -2.21. The van der Waals surface area contributed by atoms with Gasteiger partial charge >= 0.3 is 12.6 Å². The summed E-state index contributed by atoms with van der Waals surface area (Å²) < 4.78 is 44.5. The minimum atomic E-state index is -3.04. The molecule has 0 fully saturated rings. The van der Waals surface area contributed by atoms with Crippen molar-refractivity contribution in [1.29, 1.82) is 0 Å². The number of benzene rings is 2. The van der Waals surface area contributed by atoms with Crippen LogP contribution in [0.2, 0.25) is 0 Å². The van der Waals surface area contributed by atoms with Crippen molar-refractivity contribution in [3.05, 3.63) is 47.5 Å². The summed E-state index contributed by atoms with van der Waals surface area (Å²) in [5.41, 5.74) is 0.867. The molecule has 0 heterocycles. The maximum Gasteiger partial charge on any atom is 0.387 e. The average Bonchev–Trinajstić information content (AvgIpc) is 2.67. The van der Waals surface area contributed by atoms with E-state index in [1.165, 1.54) is 50.6 Å². The van der Waals surface area contributed by atoms with Gasteiger partial charge in [0.25, 0.3) is 5.91 Å². The molecule has 2 rings (SSSR count). The van der Waals surface area contributed by atoms with Gasteiger partial charge in [-0.05, 0) is 31.2 Å². The molecule has 28 heavy (non-hydrogen) atoms. The molecule has 0 saturated carbocycles. The molecule has 0 spiro atoms. The molecule has 0 unspecified atom stereocenters. The van der Waals surface area contributed by atoms with E-state index in [0.717, 1.165) is 0 Å². The van der Waals surface area contributed by atoms with E-state index in [1.54, 1.807) is 6.92 Å². The van der Waals surface area contributed by atoms with Gasteiger partial charge in [-0.1, -0.05) is 12.1 Å². The minimum absolute atomic E-state index is 0.0301. The van der Waals surface area contributed by atoms with Gasteiger partial charge in [0, 0.05) is 5.56 Å². The average molecular weight is 395 g/mol. The number of carbonyl (C=O) groups excluding carboxylic acids is 2. The smallest absolute Gasteiger partial charge is 0.387 e. The number of hydrogen-bond donors (Lipinski definition) is 1. The molecule has 0 aliphatic heterocycles. The molecular weight excluding hydrogens is 376 g/mol. The van der Waals surface area contributed by atoms with E-state index in [-0.39, 0.29) is 17.0 Å². The molecule has 2 aromatic carbocycles. The van der Waals surface area contributed by atoms with Gasteiger partial charge in [-0.3, -0.25) is 4.79 Å². The number of ether oxygens (including phenoxy) is 4. The Morgan fingerprint density at radius 1 is 1.04 bits per heavy atom. The van der Waals surface area contributed by atoms with Gasteiger partial charge in [-0.25, -0.2) is 4.79 Å². The van der Waals surface area contributed by atoms with E-state index in [0.29, 0.717) is 17.1 Å². The number of nitrogens with one attached hydrogen (secondary N) is 1. The number of carbonyl (C=O) groups is 2. The van der Waals surface area contributed by atoms with Crippen LogP contribution in [0.5, 0.6) is 17.2 Å². The van der Waals surface area contributed by atoms with Gasteiger partial charge < -0.3 is 24.3 Å². The number of anilines is 1. The van der Waals surface area contributed by atoms with Crippen LogP contribution < -0.4 is 19.5 Å². The maximum absolute atomic E-state index is 12.4. The third kappa shape index (κ3) is 5.32. The number of alkyl halides is 2. The molecule has 0 radical (unpaired) electrons. The number of amides is 1. The van der Waals surface area contributed by atoms with Crippen molar-refractivity contribution >= 4 is 17.6 Å². The number of esters is 1. The zero-order valence-corrected chi connectivity index (χ0v) is 15.5. The van der Waals surface area contributed by atoms with Crippen LogP contribution in [0, 0.1) is 6.92 Å². The van der Waals surface area contributed by atoms with Crippen molar-refractivity contribution in [1.82, 2.24) is 0 Å². The fourth-order valence-electron chi connectivity index (χ4n) is 2.37. The lowest BCUT2D eigenvalue weighted by molar-refractivity contribution is -0.119. The highest BCUT2D eigenvalue weighted by atomic mass is 19.3. The van der Waals surface area contributed by atoms with Gasteiger partial charge in [-0.15, -0.1) is 0 Å². The first-order valence-electron chi connectivity index (χ1n) is 8.09.